The van der Waals surface area contributed by atoms with Gasteiger partial charge >= 0.3 is 0 Å². The van der Waals surface area contributed by atoms with Crippen LogP contribution in [0.25, 0.3) is 0 Å². The molecule has 182 valence electrons. The SMILES string of the molecule is CC(=O)NC1CCC2(CCN(CCC3CCCN(C(=O)C(C)(C)C)C3)CC2)c2ccccc21. The summed E-state index contributed by atoms with van der Waals surface area (Å²) in [5, 5.41) is 3.17. The van der Waals surface area contributed by atoms with Gasteiger partial charge in [0.15, 0.2) is 0 Å². The first-order valence-corrected chi connectivity index (χ1v) is 13.1. The number of carbonyl (C=O) groups is 2. The first-order chi connectivity index (χ1) is 15.7. The average molecular weight is 454 g/mol. The number of nitrogens with zero attached hydrogens (tertiary/aromatic N) is 2. The number of carbonyl (C=O) groups excluding carboxylic acids is 2. The summed E-state index contributed by atoms with van der Waals surface area (Å²) in [6.45, 7) is 13.0. The number of hydrogen-bond donors (Lipinski definition) is 1. The normalized spacial score (nSPS) is 25.5. The first-order valence-electron chi connectivity index (χ1n) is 13.1. The van der Waals surface area contributed by atoms with E-state index in [9.17, 15) is 9.59 Å². The Bertz CT molecular complexity index is 851. The van der Waals surface area contributed by atoms with Crippen LogP contribution in [0.1, 0.15) is 89.8 Å². The zero-order valence-electron chi connectivity index (χ0n) is 21.2. The van der Waals surface area contributed by atoms with E-state index in [0.29, 0.717) is 11.8 Å². The molecule has 0 bridgehead atoms. The smallest absolute Gasteiger partial charge is 0.227 e. The van der Waals surface area contributed by atoms with Gasteiger partial charge in [0.05, 0.1) is 6.04 Å². The Labute approximate surface area is 200 Å². The van der Waals surface area contributed by atoms with Gasteiger partial charge in [-0.2, -0.15) is 0 Å². The van der Waals surface area contributed by atoms with Crippen molar-refractivity contribution in [2.24, 2.45) is 11.3 Å². The summed E-state index contributed by atoms with van der Waals surface area (Å²) in [6, 6.07) is 8.96. The maximum Gasteiger partial charge on any atom is 0.227 e. The summed E-state index contributed by atoms with van der Waals surface area (Å²) in [5.74, 6) is 1.00. The Kier molecular flexibility index (Phi) is 7.18. The van der Waals surface area contributed by atoms with Crippen molar-refractivity contribution < 1.29 is 9.59 Å². The minimum atomic E-state index is -0.279. The van der Waals surface area contributed by atoms with Crippen molar-refractivity contribution >= 4 is 11.8 Å². The lowest BCUT2D eigenvalue weighted by molar-refractivity contribution is -0.141. The van der Waals surface area contributed by atoms with Crippen molar-refractivity contribution in [3.05, 3.63) is 35.4 Å². The monoisotopic (exact) mass is 453 g/mol. The van der Waals surface area contributed by atoms with Gasteiger partial charge in [0.2, 0.25) is 11.8 Å². The molecule has 0 aromatic heterocycles. The number of fused-ring (bicyclic) bond motifs is 2. The van der Waals surface area contributed by atoms with E-state index in [-0.39, 0.29) is 22.8 Å². The Hall–Kier alpha value is -1.88. The van der Waals surface area contributed by atoms with E-state index >= 15 is 0 Å². The maximum atomic E-state index is 12.7. The highest BCUT2D eigenvalue weighted by molar-refractivity contribution is 5.81. The van der Waals surface area contributed by atoms with Crippen LogP contribution in [0, 0.1) is 11.3 Å². The minimum Gasteiger partial charge on any atom is -0.350 e. The van der Waals surface area contributed by atoms with E-state index in [1.54, 1.807) is 6.92 Å². The summed E-state index contributed by atoms with van der Waals surface area (Å²) < 4.78 is 0. The number of rotatable bonds is 4. The van der Waals surface area contributed by atoms with Crippen LogP contribution in [0.5, 0.6) is 0 Å². The first kappa shape index (κ1) is 24.3. The van der Waals surface area contributed by atoms with Crippen LogP contribution in [-0.2, 0) is 15.0 Å². The molecule has 1 aromatic rings. The molecule has 33 heavy (non-hydrogen) atoms. The van der Waals surface area contributed by atoms with Crippen LogP contribution in [0.2, 0.25) is 0 Å². The Morgan fingerprint density at radius 2 is 1.79 bits per heavy atom. The summed E-state index contributed by atoms with van der Waals surface area (Å²) in [4.78, 5) is 29.2. The molecule has 2 fully saturated rings. The third-order valence-electron chi connectivity index (χ3n) is 8.31. The van der Waals surface area contributed by atoms with Gasteiger partial charge in [-0.05, 0) is 87.0 Å². The van der Waals surface area contributed by atoms with Crippen LogP contribution in [-0.4, -0.2) is 54.3 Å². The second kappa shape index (κ2) is 9.77. The fraction of sp³-hybridized carbons (Fsp3) is 0.714. The fourth-order valence-corrected chi connectivity index (χ4v) is 6.44. The molecule has 4 rings (SSSR count). The third-order valence-corrected chi connectivity index (χ3v) is 8.31. The van der Waals surface area contributed by atoms with Crippen LogP contribution < -0.4 is 5.32 Å². The fourth-order valence-electron chi connectivity index (χ4n) is 6.44. The molecule has 1 aromatic carbocycles. The van der Waals surface area contributed by atoms with Crippen LogP contribution in [0.15, 0.2) is 24.3 Å². The summed E-state index contributed by atoms with van der Waals surface area (Å²) in [5.41, 5.74) is 2.79. The van der Waals surface area contributed by atoms with E-state index in [4.69, 9.17) is 0 Å². The maximum absolute atomic E-state index is 12.7. The number of nitrogens with one attached hydrogen (secondary N) is 1. The molecule has 1 aliphatic carbocycles. The molecule has 1 spiro atoms. The predicted molar refractivity (Wildman–Crippen MR) is 133 cm³/mol. The third kappa shape index (κ3) is 5.45. The van der Waals surface area contributed by atoms with E-state index in [1.807, 2.05) is 20.8 Å². The van der Waals surface area contributed by atoms with Gasteiger partial charge in [0, 0.05) is 25.4 Å². The molecular weight excluding hydrogens is 410 g/mol. The van der Waals surface area contributed by atoms with Crippen LogP contribution in [0.3, 0.4) is 0 Å². The van der Waals surface area contributed by atoms with Crippen LogP contribution in [0.4, 0.5) is 0 Å². The van der Waals surface area contributed by atoms with Crippen molar-refractivity contribution in [1.82, 2.24) is 15.1 Å². The summed E-state index contributed by atoms with van der Waals surface area (Å²) in [7, 11) is 0. The summed E-state index contributed by atoms with van der Waals surface area (Å²) in [6.07, 6.45) is 8.20. The molecule has 3 aliphatic rings. The van der Waals surface area contributed by atoms with Crippen molar-refractivity contribution in [1.29, 1.82) is 0 Å². The predicted octanol–water partition coefficient (Wildman–Crippen LogP) is 4.67. The van der Waals surface area contributed by atoms with E-state index < -0.39 is 0 Å². The number of likely N-dealkylation sites (tertiary alicyclic amines) is 2. The Morgan fingerprint density at radius 3 is 2.48 bits per heavy atom. The quantitative estimate of drug-likeness (QED) is 0.721. The topological polar surface area (TPSA) is 52.7 Å². The van der Waals surface area contributed by atoms with Crippen molar-refractivity contribution in [3.8, 4) is 0 Å². The molecule has 2 unspecified atom stereocenters. The lowest BCUT2D eigenvalue weighted by Crippen LogP contribution is -2.47. The average Bonchev–Trinajstić information content (AvgIpc) is 2.80. The second-order valence-corrected chi connectivity index (χ2v) is 11.8. The minimum absolute atomic E-state index is 0.0612. The second-order valence-electron chi connectivity index (χ2n) is 11.8. The molecule has 0 radical (unpaired) electrons. The molecule has 2 aliphatic heterocycles. The van der Waals surface area contributed by atoms with Crippen molar-refractivity contribution in [3.63, 3.8) is 0 Å². The van der Waals surface area contributed by atoms with Gasteiger partial charge in [0.1, 0.15) is 0 Å². The highest BCUT2D eigenvalue weighted by Gasteiger charge is 2.42. The van der Waals surface area contributed by atoms with Crippen molar-refractivity contribution in [2.45, 2.75) is 84.1 Å². The highest BCUT2D eigenvalue weighted by Crippen LogP contribution is 2.48. The van der Waals surface area contributed by atoms with E-state index in [0.717, 1.165) is 52.0 Å². The van der Waals surface area contributed by atoms with Crippen molar-refractivity contribution in [2.75, 3.05) is 32.7 Å². The molecular formula is C28H43N3O2. The number of piperidine rings is 2. The molecule has 2 saturated heterocycles. The number of amides is 2. The van der Waals surface area contributed by atoms with Crippen LogP contribution >= 0.6 is 0 Å². The Morgan fingerprint density at radius 1 is 1.06 bits per heavy atom. The molecule has 0 saturated carbocycles. The molecule has 1 N–H and O–H groups in total. The van der Waals surface area contributed by atoms with Gasteiger partial charge in [-0.3, -0.25) is 9.59 Å². The number of benzene rings is 1. The Balaban J connectivity index is 1.32. The molecule has 5 heteroatoms. The van der Waals surface area contributed by atoms with E-state index in [1.165, 1.54) is 36.8 Å². The van der Waals surface area contributed by atoms with Gasteiger partial charge in [-0.15, -0.1) is 0 Å². The van der Waals surface area contributed by atoms with Gasteiger partial charge in [-0.1, -0.05) is 45.0 Å². The lowest BCUT2D eigenvalue weighted by Gasteiger charge is -2.47. The summed E-state index contributed by atoms with van der Waals surface area (Å²) >= 11 is 0. The molecule has 2 heterocycles. The zero-order valence-corrected chi connectivity index (χ0v) is 21.2. The molecule has 5 nitrogen and oxygen atoms in total. The lowest BCUT2D eigenvalue weighted by atomic mass is 9.63. The van der Waals surface area contributed by atoms with Gasteiger partial charge in [-0.25, -0.2) is 0 Å². The number of hydrogen-bond acceptors (Lipinski definition) is 3. The highest BCUT2D eigenvalue weighted by atomic mass is 16.2. The standard InChI is InChI=1S/C28H43N3O2/c1-21(32)29-25-11-13-28(24-10-6-5-9-23(24)25)14-18-30(19-15-28)17-12-22-8-7-16-31(20-22)26(33)27(2,3)4/h5-6,9-10,22,25H,7-8,11-20H2,1-4H3,(H,29,32). The zero-order chi connectivity index (χ0) is 23.6. The van der Waals surface area contributed by atoms with E-state index in [2.05, 4.69) is 39.4 Å². The largest absolute Gasteiger partial charge is 0.350 e. The van der Waals surface area contributed by atoms with Gasteiger partial charge < -0.3 is 15.1 Å². The van der Waals surface area contributed by atoms with Gasteiger partial charge in [0.25, 0.3) is 0 Å². The molecule has 2 atom stereocenters. The molecule has 2 amide bonds.